The summed E-state index contributed by atoms with van der Waals surface area (Å²) in [6, 6.07) is 1.48. The topological polar surface area (TPSA) is 12.5 Å². The van der Waals surface area contributed by atoms with Gasteiger partial charge in [0.25, 0.3) is 0 Å². The van der Waals surface area contributed by atoms with E-state index < -0.39 is 6.17 Å². The van der Waals surface area contributed by atoms with Crippen molar-refractivity contribution in [3.8, 4) is 0 Å². The average Bonchev–Trinajstić information content (AvgIpc) is 2.78. The predicted molar refractivity (Wildman–Crippen MR) is 72.5 cm³/mol. The van der Waals surface area contributed by atoms with Crippen molar-refractivity contribution in [2.45, 2.75) is 77.2 Å². The first-order valence-corrected chi connectivity index (χ1v) is 7.76. The number of alkyl halides is 1. The maximum Gasteiger partial charge on any atom is 0.118 e. The fraction of sp³-hybridized carbons (Fsp3) is 1.00. The molecular weight excluding hydrogens is 229 g/mol. The number of fused-ring (bicyclic) bond motifs is 2. The molecule has 3 fully saturated rings. The molecule has 3 heteroatoms. The molecule has 3 aliphatic rings. The zero-order valence-corrected chi connectivity index (χ0v) is 12.1. The molecule has 3 rings (SSSR count). The highest BCUT2D eigenvalue weighted by Gasteiger charge is 2.48. The Kier molecular flexibility index (Phi) is 5.02. The quantitative estimate of drug-likeness (QED) is 0.714. The summed E-state index contributed by atoms with van der Waals surface area (Å²) >= 11 is 0. The van der Waals surface area contributed by atoms with Gasteiger partial charge >= 0.3 is 0 Å². The molecule has 0 aromatic heterocycles. The first-order valence-electron chi connectivity index (χ1n) is 7.76. The fourth-order valence-corrected chi connectivity index (χ4v) is 3.99. The Morgan fingerprint density at radius 3 is 2.33 bits per heavy atom. The molecule has 106 valence electrons. The van der Waals surface area contributed by atoms with Gasteiger partial charge < -0.3 is 4.74 Å². The summed E-state index contributed by atoms with van der Waals surface area (Å²) in [4.78, 5) is 2.52. The molecule has 0 N–H and O–H groups in total. The molecule has 0 spiro atoms. The van der Waals surface area contributed by atoms with Crippen LogP contribution in [0.3, 0.4) is 0 Å². The van der Waals surface area contributed by atoms with Crippen molar-refractivity contribution in [3.05, 3.63) is 0 Å². The molecule has 0 amide bonds. The summed E-state index contributed by atoms with van der Waals surface area (Å²) in [5.41, 5.74) is 0. The summed E-state index contributed by atoms with van der Waals surface area (Å²) in [6.07, 6.45) is 4.97. The number of rotatable bonds is 1. The van der Waals surface area contributed by atoms with Gasteiger partial charge in [-0.2, -0.15) is 0 Å². The molecule has 0 aromatic rings. The summed E-state index contributed by atoms with van der Waals surface area (Å²) in [5, 5.41) is 0. The minimum atomic E-state index is -0.596. The van der Waals surface area contributed by atoms with Gasteiger partial charge in [-0.1, -0.05) is 20.8 Å². The lowest BCUT2D eigenvalue weighted by Gasteiger charge is -2.45. The first kappa shape index (κ1) is 14.3. The van der Waals surface area contributed by atoms with Gasteiger partial charge in [-0.15, -0.1) is 0 Å². The van der Waals surface area contributed by atoms with Gasteiger partial charge in [-0.25, -0.2) is 4.39 Å². The van der Waals surface area contributed by atoms with Gasteiger partial charge in [-0.05, 0) is 38.0 Å². The van der Waals surface area contributed by atoms with Crippen molar-refractivity contribution in [2.75, 3.05) is 13.2 Å². The van der Waals surface area contributed by atoms with E-state index in [1.165, 1.54) is 6.42 Å². The molecule has 2 bridgehead atoms. The van der Waals surface area contributed by atoms with Crippen LogP contribution in [-0.2, 0) is 4.74 Å². The van der Waals surface area contributed by atoms with Gasteiger partial charge in [0.15, 0.2) is 0 Å². The lowest BCUT2D eigenvalue weighted by Crippen LogP contribution is -2.55. The minimum absolute atomic E-state index is 0.219. The first-order chi connectivity index (χ1) is 8.77. The van der Waals surface area contributed by atoms with Crippen LogP contribution >= 0.6 is 0 Å². The third-order valence-corrected chi connectivity index (χ3v) is 4.77. The van der Waals surface area contributed by atoms with Gasteiger partial charge in [0, 0.05) is 31.3 Å². The highest BCUT2D eigenvalue weighted by Crippen LogP contribution is 2.42. The van der Waals surface area contributed by atoms with Crippen molar-refractivity contribution in [2.24, 2.45) is 5.92 Å². The SMILES string of the molecule is CC.C[C@@H]1C[C@H]2CC[C@@H]([C@@H]1F)N2C1CCOCC1. The molecule has 0 aliphatic carbocycles. The number of hydrogen-bond donors (Lipinski definition) is 0. The third kappa shape index (κ3) is 2.57. The lowest BCUT2D eigenvalue weighted by molar-refractivity contribution is -0.0390. The fourth-order valence-electron chi connectivity index (χ4n) is 3.99. The highest BCUT2D eigenvalue weighted by molar-refractivity contribution is 5.02. The number of ether oxygens (including phenoxy) is 1. The van der Waals surface area contributed by atoms with E-state index in [2.05, 4.69) is 11.8 Å². The smallest absolute Gasteiger partial charge is 0.118 e. The second-order valence-corrected chi connectivity index (χ2v) is 5.75. The summed E-state index contributed by atoms with van der Waals surface area (Å²) < 4.78 is 19.6. The highest BCUT2D eigenvalue weighted by atomic mass is 19.1. The maximum atomic E-state index is 14.2. The molecule has 0 aromatic carbocycles. The lowest BCUT2D eigenvalue weighted by atomic mass is 9.88. The Balaban J connectivity index is 0.000000574. The zero-order valence-electron chi connectivity index (χ0n) is 12.1. The van der Waals surface area contributed by atoms with Crippen molar-refractivity contribution < 1.29 is 9.13 Å². The molecule has 3 heterocycles. The number of nitrogens with zero attached hydrogens (tertiary/aromatic N) is 1. The average molecular weight is 257 g/mol. The van der Waals surface area contributed by atoms with Crippen molar-refractivity contribution in [1.82, 2.24) is 4.90 Å². The molecule has 0 saturated carbocycles. The van der Waals surface area contributed by atoms with E-state index in [0.29, 0.717) is 12.1 Å². The number of halogens is 1. The number of hydrogen-bond acceptors (Lipinski definition) is 2. The van der Waals surface area contributed by atoms with Crippen LogP contribution in [0.4, 0.5) is 4.39 Å². The Labute approximate surface area is 111 Å². The number of piperidine rings is 1. The zero-order chi connectivity index (χ0) is 13.1. The van der Waals surface area contributed by atoms with Crippen LogP contribution in [0.2, 0.25) is 0 Å². The Hall–Kier alpha value is -0.150. The standard InChI is InChI=1S/C13H22FNO.C2H6/c1-9-8-11-2-3-12(13(9)14)15(11)10-4-6-16-7-5-10;1-2/h9-13H,2-8H2,1H3;1-2H3/t9-,11-,12+,13-;/m1./s1. The minimum Gasteiger partial charge on any atom is -0.381 e. The van der Waals surface area contributed by atoms with Crippen LogP contribution in [0.15, 0.2) is 0 Å². The van der Waals surface area contributed by atoms with E-state index in [1.54, 1.807) is 0 Å². The van der Waals surface area contributed by atoms with E-state index in [0.717, 1.165) is 38.9 Å². The Bertz CT molecular complexity index is 255. The van der Waals surface area contributed by atoms with Crippen LogP contribution in [0.1, 0.15) is 52.9 Å². The van der Waals surface area contributed by atoms with E-state index in [-0.39, 0.29) is 12.0 Å². The van der Waals surface area contributed by atoms with Crippen LogP contribution < -0.4 is 0 Å². The van der Waals surface area contributed by atoms with E-state index in [4.69, 9.17) is 4.74 Å². The predicted octanol–water partition coefficient (Wildman–Crippen LogP) is 3.40. The molecule has 3 saturated heterocycles. The van der Waals surface area contributed by atoms with Crippen molar-refractivity contribution in [3.63, 3.8) is 0 Å². The monoisotopic (exact) mass is 257 g/mol. The van der Waals surface area contributed by atoms with Crippen LogP contribution in [0.5, 0.6) is 0 Å². The van der Waals surface area contributed by atoms with E-state index in [9.17, 15) is 4.39 Å². The summed E-state index contributed by atoms with van der Waals surface area (Å²) in [7, 11) is 0. The molecule has 0 radical (unpaired) electrons. The van der Waals surface area contributed by atoms with Gasteiger partial charge in [0.2, 0.25) is 0 Å². The normalized spacial score (nSPS) is 41.3. The molecule has 18 heavy (non-hydrogen) atoms. The second kappa shape index (κ2) is 6.33. The second-order valence-electron chi connectivity index (χ2n) is 5.75. The Morgan fingerprint density at radius 1 is 1.00 bits per heavy atom. The van der Waals surface area contributed by atoms with Crippen molar-refractivity contribution >= 4 is 0 Å². The molecule has 0 unspecified atom stereocenters. The molecule has 2 nitrogen and oxygen atoms in total. The molecule has 3 aliphatic heterocycles. The Morgan fingerprint density at radius 2 is 1.67 bits per heavy atom. The summed E-state index contributed by atoms with van der Waals surface area (Å²) in [6.45, 7) is 7.82. The maximum absolute atomic E-state index is 14.2. The molecular formula is C15H28FNO. The van der Waals surface area contributed by atoms with Gasteiger partial charge in [-0.3, -0.25) is 4.90 Å². The van der Waals surface area contributed by atoms with Gasteiger partial charge in [0.1, 0.15) is 6.17 Å². The van der Waals surface area contributed by atoms with Crippen molar-refractivity contribution in [1.29, 1.82) is 0 Å². The largest absolute Gasteiger partial charge is 0.381 e. The van der Waals surface area contributed by atoms with Crippen LogP contribution in [0, 0.1) is 5.92 Å². The summed E-state index contributed by atoms with van der Waals surface area (Å²) in [5.74, 6) is 0.272. The van der Waals surface area contributed by atoms with E-state index >= 15 is 0 Å². The van der Waals surface area contributed by atoms with Gasteiger partial charge in [0.05, 0.1) is 0 Å². The van der Waals surface area contributed by atoms with Crippen LogP contribution in [0.25, 0.3) is 0 Å². The third-order valence-electron chi connectivity index (χ3n) is 4.77. The van der Waals surface area contributed by atoms with Crippen LogP contribution in [-0.4, -0.2) is 42.4 Å². The molecule has 4 atom stereocenters. The van der Waals surface area contributed by atoms with E-state index in [1.807, 2.05) is 13.8 Å².